The fraction of sp³-hybridized carbons (Fsp3) is 0.955. The summed E-state index contributed by atoms with van der Waals surface area (Å²) in [5.74, 6) is -0.655. The summed E-state index contributed by atoms with van der Waals surface area (Å²) in [6.07, 6.45) is 13.2. The van der Waals surface area contributed by atoms with Crippen molar-refractivity contribution in [3.8, 4) is 0 Å². The monoisotopic (exact) mass is 420 g/mol. The molecule has 1 aliphatic rings. The molecule has 1 fully saturated rings. The second kappa shape index (κ2) is 19.2. The summed E-state index contributed by atoms with van der Waals surface area (Å²) in [6.45, 7) is 1.79. The van der Waals surface area contributed by atoms with Crippen molar-refractivity contribution in [3.05, 3.63) is 0 Å². The van der Waals surface area contributed by atoms with Gasteiger partial charge in [0.25, 0.3) is 0 Å². The summed E-state index contributed by atoms with van der Waals surface area (Å²) in [7, 11) is 0. The molecular weight excluding hydrogens is 376 g/mol. The summed E-state index contributed by atoms with van der Waals surface area (Å²) in [5, 5.41) is 44.0. The summed E-state index contributed by atoms with van der Waals surface area (Å²) >= 11 is 0. The number of carboxylic acid groups (broad SMARTS) is 1. The van der Waals surface area contributed by atoms with Gasteiger partial charge in [-0.1, -0.05) is 84.0 Å². The average molecular weight is 421 g/mol. The number of unbranched alkanes of at least 4 members (excludes halogenated alkanes) is 12. The Balaban J connectivity index is 0.000000604. The lowest BCUT2D eigenvalue weighted by Crippen LogP contribution is -2.40. The highest BCUT2D eigenvalue weighted by Gasteiger charge is 2.38. The molecule has 1 heterocycles. The molecule has 0 aliphatic carbocycles. The fourth-order valence-electron chi connectivity index (χ4n) is 3.36. The van der Waals surface area contributed by atoms with Crippen LogP contribution >= 0.6 is 0 Å². The molecule has 0 aromatic heterocycles. The van der Waals surface area contributed by atoms with Gasteiger partial charge in [0.05, 0.1) is 13.2 Å². The normalized spacial score (nSPS) is 22.2. The Kier molecular flexibility index (Phi) is 18.8. The van der Waals surface area contributed by atoms with E-state index in [4.69, 9.17) is 30.3 Å². The van der Waals surface area contributed by atoms with E-state index in [2.05, 4.69) is 6.92 Å². The van der Waals surface area contributed by atoms with Gasteiger partial charge in [-0.15, -0.1) is 0 Å². The van der Waals surface area contributed by atoms with Crippen LogP contribution in [0.2, 0.25) is 0 Å². The predicted octanol–water partition coefficient (Wildman–Crippen LogP) is 3.01. The number of aliphatic hydroxyl groups excluding tert-OH is 4. The van der Waals surface area contributed by atoms with Gasteiger partial charge < -0.3 is 30.3 Å². The van der Waals surface area contributed by atoms with Gasteiger partial charge in [0, 0.05) is 6.42 Å². The van der Waals surface area contributed by atoms with Gasteiger partial charge >= 0.3 is 5.97 Å². The molecule has 0 aromatic rings. The SMILES string of the molecule is CCCCCCCCCCCCCCCC(=O)O.OC[C@@H](O)[C@H]1OC[C@@H](O)[C@H]1O. The van der Waals surface area contributed by atoms with Crippen LogP contribution in [0.5, 0.6) is 0 Å². The smallest absolute Gasteiger partial charge is 0.303 e. The van der Waals surface area contributed by atoms with Gasteiger partial charge in [-0.25, -0.2) is 0 Å². The van der Waals surface area contributed by atoms with E-state index in [1.165, 1.54) is 70.6 Å². The summed E-state index contributed by atoms with van der Waals surface area (Å²) in [4.78, 5) is 10.3. The molecule has 0 aromatic carbocycles. The highest BCUT2D eigenvalue weighted by Crippen LogP contribution is 2.17. The summed E-state index contributed by atoms with van der Waals surface area (Å²) < 4.78 is 4.82. The molecule has 5 N–H and O–H groups in total. The molecule has 0 spiro atoms. The lowest BCUT2D eigenvalue weighted by Gasteiger charge is -2.18. The molecule has 7 nitrogen and oxygen atoms in total. The Morgan fingerprint density at radius 1 is 0.897 bits per heavy atom. The Hall–Kier alpha value is -0.730. The van der Waals surface area contributed by atoms with E-state index >= 15 is 0 Å². The maximum atomic E-state index is 10.3. The van der Waals surface area contributed by atoms with E-state index in [1.54, 1.807) is 0 Å². The van der Waals surface area contributed by atoms with Gasteiger partial charge in [-0.2, -0.15) is 0 Å². The van der Waals surface area contributed by atoms with Gasteiger partial charge in [0.15, 0.2) is 0 Å². The van der Waals surface area contributed by atoms with Crippen molar-refractivity contribution < 1.29 is 35.1 Å². The van der Waals surface area contributed by atoms with Crippen molar-refractivity contribution in [1.29, 1.82) is 0 Å². The first-order chi connectivity index (χ1) is 13.9. The van der Waals surface area contributed by atoms with E-state index in [1.807, 2.05) is 0 Å². The molecule has 0 radical (unpaired) electrons. The molecule has 1 saturated heterocycles. The number of carboxylic acids is 1. The molecule has 1 aliphatic heterocycles. The minimum absolute atomic E-state index is 0.00287. The van der Waals surface area contributed by atoms with E-state index in [9.17, 15) is 4.79 Å². The van der Waals surface area contributed by atoms with Crippen LogP contribution in [0.3, 0.4) is 0 Å². The van der Waals surface area contributed by atoms with E-state index in [0.717, 1.165) is 12.8 Å². The van der Waals surface area contributed by atoms with Gasteiger partial charge in [0.1, 0.15) is 24.4 Å². The zero-order valence-corrected chi connectivity index (χ0v) is 18.2. The minimum Gasteiger partial charge on any atom is -0.481 e. The van der Waals surface area contributed by atoms with Crippen molar-refractivity contribution in [2.75, 3.05) is 13.2 Å². The molecule has 0 amide bonds. The summed E-state index contributed by atoms with van der Waals surface area (Å²) in [6, 6.07) is 0. The zero-order valence-electron chi connectivity index (χ0n) is 18.2. The van der Waals surface area contributed by atoms with Gasteiger partial charge in [-0.3, -0.25) is 4.79 Å². The molecule has 0 saturated carbocycles. The zero-order chi connectivity index (χ0) is 21.9. The molecule has 7 heteroatoms. The number of carbonyl (C=O) groups is 1. The number of aliphatic carboxylic acids is 1. The topological polar surface area (TPSA) is 127 Å². The highest BCUT2D eigenvalue weighted by molar-refractivity contribution is 5.66. The standard InChI is InChI=1S/C16H32O2.C6H12O5/c1-2-3-4-5-6-7-8-9-10-11-12-13-14-15-16(17)18;7-1-3(8)6-5(10)4(9)2-11-6/h2-15H2,1H3,(H,17,18);3-10H,1-2H2/t;3-,4-,5-,6-/m.1/s1. The average Bonchev–Trinajstić information content (AvgIpc) is 3.04. The van der Waals surface area contributed by atoms with Crippen LogP contribution in [-0.2, 0) is 9.53 Å². The number of ether oxygens (including phenoxy) is 1. The molecule has 4 atom stereocenters. The Morgan fingerprint density at radius 3 is 1.69 bits per heavy atom. The quantitative estimate of drug-likeness (QED) is 0.243. The summed E-state index contributed by atoms with van der Waals surface area (Å²) in [5.41, 5.74) is 0. The van der Waals surface area contributed by atoms with E-state index in [-0.39, 0.29) is 6.61 Å². The van der Waals surface area contributed by atoms with Crippen LogP contribution in [0.1, 0.15) is 96.8 Å². The fourth-order valence-corrected chi connectivity index (χ4v) is 3.36. The van der Waals surface area contributed by atoms with Crippen LogP contribution in [0.15, 0.2) is 0 Å². The maximum Gasteiger partial charge on any atom is 0.303 e. The van der Waals surface area contributed by atoms with Crippen LogP contribution in [0.25, 0.3) is 0 Å². The molecule has 0 unspecified atom stereocenters. The largest absolute Gasteiger partial charge is 0.481 e. The van der Waals surface area contributed by atoms with E-state index < -0.39 is 37.0 Å². The number of rotatable bonds is 16. The first-order valence-electron chi connectivity index (χ1n) is 11.4. The van der Waals surface area contributed by atoms with Crippen molar-refractivity contribution >= 4 is 5.97 Å². The van der Waals surface area contributed by atoms with Crippen LogP contribution in [0, 0.1) is 0 Å². The van der Waals surface area contributed by atoms with E-state index in [0.29, 0.717) is 6.42 Å². The Labute approximate surface area is 176 Å². The Morgan fingerprint density at radius 2 is 1.34 bits per heavy atom. The third-order valence-corrected chi connectivity index (χ3v) is 5.25. The number of hydrogen-bond donors (Lipinski definition) is 5. The first-order valence-corrected chi connectivity index (χ1v) is 11.4. The van der Waals surface area contributed by atoms with Crippen molar-refractivity contribution in [1.82, 2.24) is 0 Å². The second-order valence-corrected chi connectivity index (χ2v) is 7.99. The van der Waals surface area contributed by atoms with Crippen molar-refractivity contribution in [2.45, 2.75) is 121 Å². The molecule has 29 heavy (non-hydrogen) atoms. The van der Waals surface area contributed by atoms with Gasteiger partial charge in [-0.05, 0) is 6.42 Å². The lowest BCUT2D eigenvalue weighted by atomic mass is 10.0. The number of aliphatic hydroxyl groups is 4. The molecule has 174 valence electrons. The minimum atomic E-state index is -1.12. The van der Waals surface area contributed by atoms with Gasteiger partial charge in [0.2, 0.25) is 0 Å². The number of hydrogen-bond acceptors (Lipinski definition) is 6. The van der Waals surface area contributed by atoms with Crippen molar-refractivity contribution in [3.63, 3.8) is 0 Å². The third kappa shape index (κ3) is 15.7. The highest BCUT2D eigenvalue weighted by atomic mass is 16.5. The van der Waals surface area contributed by atoms with Crippen molar-refractivity contribution in [2.24, 2.45) is 0 Å². The maximum absolute atomic E-state index is 10.3. The van der Waals surface area contributed by atoms with Crippen LogP contribution in [0.4, 0.5) is 0 Å². The van der Waals surface area contributed by atoms with Crippen LogP contribution in [-0.4, -0.2) is 69.1 Å². The predicted molar refractivity (Wildman–Crippen MR) is 113 cm³/mol. The first kappa shape index (κ1) is 28.3. The molecular formula is C22H44O7. The lowest BCUT2D eigenvalue weighted by molar-refractivity contribution is -0.137. The second-order valence-electron chi connectivity index (χ2n) is 7.99. The molecule has 1 rings (SSSR count). The third-order valence-electron chi connectivity index (χ3n) is 5.25. The molecule has 0 bridgehead atoms. The Bertz CT molecular complexity index is 378. The van der Waals surface area contributed by atoms with Crippen LogP contribution < -0.4 is 0 Å².